The highest BCUT2D eigenvalue weighted by Gasteiger charge is 2.40. The number of hydrogen-bond donors (Lipinski definition) is 6. The summed E-state index contributed by atoms with van der Waals surface area (Å²) >= 11 is 0. The van der Waals surface area contributed by atoms with Crippen LogP contribution in [-0.4, -0.2) is 96.1 Å². The smallest absolute Gasteiger partial charge is 0.246 e. The van der Waals surface area contributed by atoms with Crippen LogP contribution in [0.25, 0.3) is 0 Å². The fourth-order valence-electron chi connectivity index (χ4n) is 4.91. The molecule has 0 aromatic heterocycles. The fourth-order valence-corrected chi connectivity index (χ4v) is 4.91. The fraction of sp³-hybridized carbons (Fsp3) is 0.750. The van der Waals surface area contributed by atoms with E-state index >= 15 is 0 Å². The van der Waals surface area contributed by atoms with Crippen molar-refractivity contribution in [3.63, 3.8) is 0 Å². The topological polar surface area (TPSA) is 195 Å². The molecule has 0 spiro atoms. The molecule has 2 aliphatic rings. The summed E-state index contributed by atoms with van der Waals surface area (Å²) in [5, 5.41) is 15.5. The van der Waals surface area contributed by atoms with Crippen LogP contribution < -0.4 is 31.9 Å². The SMILES string of the molecule is CCC(C)C1NC(=O)C(C(C)C)NC(=O)C(C(C)C)NC(=O)CNC(=O)C(C)NC(=O)CNC(=O)C2CCCN2C1=O. The molecule has 0 aliphatic carbocycles. The summed E-state index contributed by atoms with van der Waals surface area (Å²) in [7, 11) is 0. The number of nitrogens with zero attached hydrogens (tertiary/aromatic N) is 1. The number of nitrogens with one attached hydrogen (secondary N) is 6. The molecule has 236 valence electrons. The average molecular weight is 594 g/mol. The molecule has 14 nitrogen and oxygen atoms in total. The van der Waals surface area contributed by atoms with E-state index in [4.69, 9.17) is 0 Å². The van der Waals surface area contributed by atoms with Gasteiger partial charge in [0.15, 0.2) is 0 Å². The van der Waals surface area contributed by atoms with Crippen LogP contribution in [-0.2, 0) is 33.6 Å². The Balaban J connectivity index is 2.43. The van der Waals surface area contributed by atoms with Crippen molar-refractivity contribution in [2.75, 3.05) is 19.6 Å². The second-order valence-electron chi connectivity index (χ2n) is 11.8. The molecule has 14 heteroatoms. The summed E-state index contributed by atoms with van der Waals surface area (Å²) in [6, 6.07) is -4.81. The van der Waals surface area contributed by atoms with E-state index in [0.29, 0.717) is 25.8 Å². The van der Waals surface area contributed by atoms with Gasteiger partial charge in [-0.2, -0.15) is 0 Å². The van der Waals surface area contributed by atoms with Gasteiger partial charge in [-0.3, -0.25) is 33.6 Å². The van der Waals surface area contributed by atoms with E-state index < -0.39 is 84.6 Å². The summed E-state index contributed by atoms with van der Waals surface area (Å²) in [5.74, 6) is -4.98. The molecule has 42 heavy (non-hydrogen) atoms. The molecule has 0 aromatic carbocycles. The lowest BCUT2D eigenvalue weighted by Gasteiger charge is -2.33. The molecule has 2 aliphatic heterocycles. The Bertz CT molecular complexity index is 1050. The van der Waals surface area contributed by atoms with Crippen molar-refractivity contribution in [1.82, 2.24) is 36.8 Å². The highest BCUT2D eigenvalue weighted by molar-refractivity contribution is 5.97. The molecule has 2 heterocycles. The Kier molecular flexibility index (Phi) is 12.7. The van der Waals surface area contributed by atoms with Gasteiger partial charge < -0.3 is 36.8 Å². The standard InChI is InChI=1S/C28H47N7O7/c1-8-16(6)23-28(42)35-11-9-10-18(35)25(39)30-12-19(36)31-17(7)24(38)29-13-20(37)32-21(14(2)3)26(40)33-22(15(4)5)27(41)34-23/h14-18,21-23H,8-13H2,1-7H3,(H,29,38)(H,30,39)(H,31,36)(H,32,37)(H,33,40)(H,34,41). The summed E-state index contributed by atoms with van der Waals surface area (Å²) in [4.78, 5) is 92.5. The van der Waals surface area contributed by atoms with Crippen LogP contribution in [0.4, 0.5) is 0 Å². The van der Waals surface area contributed by atoms with Crippen molar-refractivity contribution < 1.29 is 33.6 Å². The van der Waals surface area contributed by atoms with E-state index in [1.165, 1.54) is 11.8 Å². The van der Waals surface area contributed by atoms with Crippen LogP contribution >= 0.6 is 0 Å². The first-order valence-corrected chi connectivity index (χ1v) is 14.7. The molecule has 0 radical (unpaired) electrons. The Morgan fingerprint density at radius 2 is 1.19 bits per heavy atom. The van der Waals surface area contributed by atoms with Crippen LogP contribution in [0.1, 0.15) is 67.7 Å². The number of hydrogen-bond acceptors (Lipinski definition) is 7. The average Bonchev–Trinajstić information content (AvgIpc) is 3.43. The van der Waals surface area contributed by atoms with E-state index in [1.54, 1.807) is 27.7 Å². The monoisotopic (exact) mass is 593 g/mol. The third-order valence-corrected chi connectivity index (χ3v) is 7.74. The number of amides is 7. The molecule has 6 atom stereocenters. The van der Waals surface area contributed by atoms with Crippen molar-refractivity contribution in [1.29, 1.82) is 0 Å². The highest BCUT2D eigenvalue weighted by atomic mass is 16.2. The minimum absolute atomic E-state index is 0.282. The molecule has 6 N–H and O–H groups in total. The summed E-state index contributed by atoms with van der Waals surface area (Å²) in [5.41, 5.74) is 0. The van der Waals surface area contributed by atoms with Gasteiger partial charge in [0.25, 0.3) is 0 Å². The van der Waals surface area contributed by atoms with Crippen molar-refractivity contribution in [3.8, 4) is 0 Å². The summed E-state index contributed by atoms with van der Waals surface area (Å²) in [6.45, 7) is 11.5. The molecular formula is C28H47N7O7. The van der Waals surface area contributed by atoms with E-state index in [2.05, 4.69) is 31.9 Å². The quantitative estimate of drug-likeness (QED) is 0.229. The highest BCUT2D eigenvalue weighted by Crippen LogP contribution is 2.22. The van der Waals surface area contributed by atoms with Crippen LogP contribution in [0.5, 0.6) is 0 Å². The molecule has 0 bridgehead atoms. The van der Waals surface area contributed by atoms with Crippen LogP contribution in [0.3, 0.4) is 0 Å². The molecule has 6 unspecified atom stereocenters. The van der Waals surface area contributed by atoms with Gasteiger partial charge >= 0.3 is 0 Å². The van der Waals surface area contributed by atoms with Gasteiger partial charge in [-0.15, -0.1) is 0 Å². The van der Waals surface area contributed by atoms with E-state index in [9.17, 15) is 33.6 Å². The molecule has 7 amide bonds. The van der Waals surface area contributed by atoms with Gasteiger partial charge in [0.1, 0.15) is 30.2 Å². The molecule has 2 saturated heterocycles. The van der Waals surface area contributed by atoms with Gasteiger partial charge in [0.05, 0.1) is 13.1 Å². The van der Waals surface area contributed by atoms with Crippen LogP contribution in [0.15, 0.2) is 0 Å². The summed E-state index contributed by atoms with van der Waals surface area (Å²) < 4.78 is 0. The maximum absolute atomic E-state index is 13.8. The zero-order chi connectivity index (χ0) is 31.7. The first kappa shape index (κ1) is 34.5. The van der Waals surface area contributed by atoms with Gasteiger partial charge in [-0.05, 0) is 37.5 Å². The van der Waals surface area contributed by atoms with E-state index in [1.807, 2.05) is 13.8 Å². The number of fused-ring (bicyclic) bond motifs is 1. The van der Waals surface area contributed by atoms with Crippen LogP contribution in [0, 0.1) is 17.8 Å². The lowest BCUT2D eigenvalue weighted by atomic mass is 9.95. The largest absolute Gasteiger partial charge is 0.345 e. The van der Waals surface area contributed by atoms with Gasteiger partial charge in [0, 0.05) is 6.54 Å². The third-order valence-electron chi connectivity index (χ3n) is 7.74. The molecule has 2 fully saturated rings. The lowest BCUT2D eigenvalue weighted by molar-refractivity contribution is -0.143. The van der Waals surface area contributed by atoms with Crippen LogP contribution in [0.2, 0.25) is 0 Å². The Morgan fingerprint density at radius 1 is 0.690 bits per heavy atom. The maximum Gasteiger partial charge on any atom is 0.246 e. The zero-order valence-electron chi connectivity index (χ0n) is 25.7. The first-order chi connectivity index (χ1) is 19.7. The first-order valence-electron chi connectivity index (χ1n) is 14.7. The minimum Gasteiger partial charge on any atom is -0.345 e. The normalized spacial score (nSPS) is 28.5. The third kappa shape index (κ3) is 9.15. The Hall–Kier alpha value is -3.71. The van der Waals surface area contributed by atoms with Gasteiger partial charge in [-0.25, -0.2) is 0 Å². The molecule has 2 rings (SSSR count). The molecule has 0 saturated carbocycles. The Labute approximate surface area is 247 Å². The minimum atomic E-state index is -1.01. The van der Waals surface area contributed by atoms with Crippen molar-refractivity contribution in [3.05, 3.63) is 0 Å². The number of carbonyl (C=O) groups excluding carboxylic acids is 7. The zero-order valence-corrected chi connectivity index (χ0v) is 25.7. The van der Waals surface area contributed by atoms with Crippen molar-refractivity contribution in [2.45, 2.75) is 97.9 Å². The van der Waals surface area contributed by atoms with Gasteiger partial charge in [0.2, 0.25) is 41.4 Å². The summed E-state index contributed by atoms with van der Waals surface area (Å²) in [6.07, 6.45) is 1.52. The van der Waals surface area contributed by atoms with Crippen molar-refractivity contribution in [2.24, 2.45) is 17.8 Å². The van der Waals surface area contributed by atoms with E-state index in [0.717, 1.165) is 0 Å². The molecule has 0 aromatic rings. The maximum atomic E-state index is 13.8. The number of rotatable bonds is 4. The van der Waals surface area contributed by atoms with Gasteiger partial charge in [-0.1, -0.05) is 48.0 Å². The predicted octanol–water partition coefficient (Wildman–Crippen LogP) is -1.46. The Morgan fingerprint density at radius 3 is 1.74 bits per heavy atom. The number of carbonyl (C=O) groups is 7. The second kappa shape index (κ2) is 15.5. The second-order valence-corrected chi connectivity index (χ2v) is 11.8. The van der Waals surface area contributed by atoms with Crippen molar-refractivity contribution >= 4 is 41.4 Å². The lowest BCUT2D eigenvalue weighted by Crippen LogP contribution is -2.61. The van der Waals surface area contributed by atoms with E-state index in [-0.39, 0.29) is 17.8 Å². The predicted molar refractivity (Wildman–Crippen MR) is 153 cm³/mol. The molecular weight excluding hydrogens is 546 g/mol.